The third kappa shape index (κ3) is 2.98. The van der Waals surface area contributed by atoms with Crippen LogP contribution in [0.3, 0.4) is 0 Å². The fourth-order valence-electron chi connectivity index (χ4n) is 1.52. The van der Waals surface area contributed by atoms with Gasteiger partial charge in [-0.2, -0.15) is 5.26 Å². The first-order valence-corrected chi connectivity index (χ1v) is 5.05. The van der Waals surface area contributed by atoms with Crippen molar-refractivity contribution in [2.45, 2.75) is 51.3 Å². The van der Waals surface area contributed by atoms with Crippen molar-refractivity contribution in [1.29, 1.82) is 5.26 Å². The molecule has 13 heavy (non-hydrogen) atoms. The molecule has 0 bridgehead atoms. The van der Waals surface area contributed by atoms with Crippen LogP contribution in [0.5, 0.6) is 0 Å². The van der Waals surface area contributed by atoms with Gasteiger partial charge in [-0.25, -0.2) is 0 Å². The van der Waals surface area contributed by atoms with Crippen LogP contribution in [0.2, 0.25) is 0 Å². The molecule has 1 aliphatic heterocycles. The first-order valence-electron chi connectivity index (χ1n) is 5.05. The zero-order valence-corrected chi connectivity index (χ0v) is 8.42. The Bertz CT molecular complexity index is 182. The Morgan fingerprint density at radius 3 is 2.92 bits per heavy atom. The SMILES string of the molecule is CCC(C)NC(C#N)C1CCCO1. The highest BCUT2D eigenvalue weighted by molar-refractivity contribution is 4.98. The maximum absolute atomic E-state index is 8.94. The summed E-state index contributed by atoms with van der Waals surface area (Å²) in [6, 6.07) is 2.54. The molecule has 0 aromatic heterocycles. The molecule has 1 saturated heterocycles. The van der Waals surface area contributed by atoms with E-state index in [4.69, 9.17) is 10.00 Å². The minimum Gasteiger partial charge on any atom is -0.375 e. The number of nitriles is 1. The van der Waals surface area contributed by atoms with E-state index in [0.717, 1.165) is 25.9 Å². The topological polar surface area (TPSA) is 45.0 Å². The van der Waals surface area contributed by atoms with Crippen LogP contribution in [0.1, 0.15) is 33.1 Å². The van der Waals surface area contributed by atoms with Crippen molar-refractivity contribution in [3.8, 4) is 6.07 Å². The van der Waals surface area contributed by atoms with Crippen LogP contribution in [0, 0.1) is 11.3 Å². The van der Waals surface area contributed by atoms with Crippen molar-refractivity contribution in [3.63, 3.8) is 0 Å². The van der Waals surface area contributed by atoms with Crippen molar-refractivity contribution in [2.75, 3.05) is 6.61 Å². The van der Waals surface area contributed by atoms with Crippen molar-refractivity contribution in [1.82, 2.24) is 5.32 Å². The molecule has 1 fully saturated rings. The van der Waals surface area contributed by atoms with Crippen molar-refractivity contribution < 1.29 is 4.74 Å². The van der Waals surface area contributed by atoms with Crippen molar-refractivity contribution >= 4 is 0 Å². The zero-order valence-electron chi connectivity index (χ0n) is 8.42. The number of hydrogen-bond acceptors (Lipinski definition) is 3. The smallest absolute Gasteiger partial charge is 0.122 e. The van der Waals surface area contributed by atoms with Gasteiger partial charge in [0.25, 0.3) is 0 Å². The molecule has 0 saturated carbocycles. The Balaban J connectivity index is 2.38. The Labute approximate surface area is 80.1 Å². The molecule has 3 atom stereocenters. The Kier molecular flexibility index (Phi) is 4.20. The van der Waals surface area contributed by atoms with Gasteiger partial charge in [-0.15, -0.1) is 0 Å². The van der Waals surface area contributed by atoms with Crippen molar-refractivity contribution in [3.05, 3.63) is 0 Å². The molecule has 0 amide bonds. The van der Waals surface area contributed by atoms with Crippen LogP contribution in [0.15, 0.2) is 0 Å². The van der Waals surface area contributed by atoms with Gasteiger partial charge >= 0.3 is 0 Å². The predicted molar refractivity (Wildman–Crippen MR) is 51.3 cm³/mol. The van der Waals surface area contributed by atoms with E-state index >= 15 is 0 Å². The van der Waals surface area contributed by atoms with Gasteiger partial charge in [0, 0.05) is 12.6 Å². The minimum atomic E-state index is -0.127. The minimum absolute atomic E-state index is 0.110. The Morgan fingerprint density at radius 1 is 1.69 bits per heavy atom. The maximum Gasteiger partial charge on any atom is 0.122 e. The second-order valence-electron chi connectivity index (χ2n) is 3.63. The molecule has 3 heteroatoms. The van der Waals surface area contributed by atoms with Gasteiger partial charge in [0.2, 0.25) is 0 Å². The highest BCUT2D eigenvalue weighted by Crippen LogP contribution is 2.15. The molecule has 0 aromatic carbocycles. The molecular formula is C10H18N2O. The average molecular weight is 182 g/mol. The van der Waals surface area contributed by atoms with Crippen LogP contribution < -0.4 is 5.32 Å². The summed E-state index contributed by atoms with van der Waals surface area (Å²) in [6.07, 6.45) is 3.26. The van der Waals surface area contributed by atoms with Gasteiger partial charge < -0.3 is 4.74 Å². The van der Waals surface area contributed by atoms with Crippen LogP contribution in [0.25, 0.3) is 0 Å². The summed E-state index contributed by atoms with van der Waals surface area (Å²) in [6.45, 7) is 5.02. The quantitative estimate of drug-likeness (QED) is 0.715. The molecule has 0 radical (unpaired) electrons. The van der Waals surface area contributed by atoms with Crippen LogP contribution >= 0.6 is 0 Å². The number of ether oxygens (including phenoxy) is 1. The van der Waals surface area contributed by atoms with Crippen LogP contribution in [0.4, 0.5) is 0 Å². The summed E-state index contributed by atoms with van der Waals surface area (Å²) >= 11 is 0. The van der Waals surface area contributed by atoms with Gasteiger partial charge in [-0.05, 0) is 26.2 Å². The second-order valence-corrected chi connectivity index (χ2v) is 3.63. The summed E-state index contributed by atoms with van der Waals surface area (Å²) in [5, 5.41) is 12.2. The van der Waals surface area contributed by atoms with Gasteiger partial charge in [0.1, 0.15) is 6.04 Å². The van der Waals surface area contributed by atoms with Crippen LogP contribution in [-0.2, 0) is 4.74 Å². The van der Waals surface area contributed by atoms with Gasteiger partial charge in [0.05, 0.1) is 12.2 Å². The third-order valence-corrected chi connectivity index (χ3v) is 2.55. The van der Waals surface area contributed by atoms with E-state index in [-0.39, 0.29) is 12.1 Å². The molecule has 0 aliphatic carbocycles. The molecular weight excluding hydrogens is 164 g/mol. The number of rotatable bonds is 4. The summed E-state index contributed by atoms with van der Waals surface area (Å²) < 4.78 is 5.47. The average Bonchev–Trinajstić information content (AvgIpc) is 2.66. The summed E-state index contributed by atoms with van der Waals surface area (Å²) in [5.74, 6) is 0. The highest BCUT2D eigenvalue weighted by atomic mass is 16.5. The molecule has 3 unspecified atom stereocenters. The molecule has 3 nitrogen and oxygen atoms in total. The lowest BCUT2D eigenvalue weighted by Crippen LogP contribution is -2.43. The van der Waals surface area contributed by atoms with Gasteiger partial charge in [-0.1, -0.05) is 6.92 Å². The molecule has 1 rings (SSSR count). The van der Waals surface area contributed by atoms with Gasteiger partial charge in [-0.3, -0.25) is 5.32 Å². The lowest BCUT2D eigenvalue weighted by Gasteiger charge is -2.21. The number of nitrogens with one attached hydrogen (secondary N) is 1. The van der Waals surface area contributed by atoms with E-state index in [2.05, 4.69) is 25.2 Å². The summed E-state index contributed by atoms with van der Waals surface area (Å²) in [5.41, 5.74) is 0. The van der Waals surface area contributed by atoms with E-state index in [1.807, 2.05) is 0 Å². The lowest BCUT2D eigenvalue weighted by molar-refractivity contribution is 0.0902. The van der Waals surface area contributed by atoms with Crippen molar-refractivity contribution in [2.24, 2.45) is 0 Å². The molecule has 74 valence electrons. The lowest BCUT2D eigenvalue weighted by atomic mass is 10.1. The standard InChI is InChI=1S/C10H18N2O/c1-3-8(2)12-9(7-11)10-5-4-6-13-10/h8-10,12H,3-6H2,1-2H3. The number of nitrogens with zero attached hydrogens (tertiary/aromatic N) is 1. The molecule has 1 heterocycles. The molecule has 1 N–H and O–H groups in total. The third-order valence-electron chi connectivity index (χ3n) is 2.55. The van der Waals surface area contributed by atoms with E-state index in [9.17, 15) is 0 Å². The Hall–Kier alpha value is -0.590. The normalized spacial score (nSPS) is 26.7. The van der Waals surface area contributed by atoms with Gasteiger partial charge in [0.15, 0.2) is 0 Å². The number of hydrogen-bond donors (Lipinski definition) is 1. The molecule has 0 spiro atoms. The van der Waals surface area contributed by atoms with E-state index in [1.165, 1.54) is 0 Å². The predicted octanol–water partition coefficient (Wildman–Crippen LogP) is 1.45. The molecule has 0 aromatic rings. The van der Waals surface area contributed by atoms with Crippen LogP contribution in [-0.4, -0.2) is 24.8 Å². The van der Waals surface area contributed by atoms with E-state index in [0.29, 0.717) is 6.04 Å². The first-order chi connectivity index (χ1) is 6.27. The monoisotopic (exact) mass is 182 g/mol. The maximum atomic E-state index is 8.94. The van der Waals surface area contributed by atoms with E-state index < -0.39 is 0 Å². The zero-order chi connectivity index (χ0) is 9.68. The molecule has 1 aliphatic rings. The van der Waals surface area contributed by atoms with E-state index in [1.54, 1.807) is 0 Å². The Morgan fingerprint density at radius 2 is 2.46 bits per heavy atom. The fraction of sp³-hybridized carbons (Fsp3) is 0.900. The summed E-state index contributed by atoms with van der Waals surface area (Å²) in [7, 11) is 0. The largest absolute Gasteiger partial charge is 0.375 e. The fourth-order valence-corrected chi connectivity index (χ4v) is 1.52. The first kappa shape index (κ1) is 10.5. The second kappa shape index (κ2) is 5.21. The summed E-state index contributed by atoms with van der Waals surface area (Å²) in [4.78, 5) is 0. The highest BCUT2D eigenvalue weighted by Gasteiger charge is 2.26.